The van der Waals surface area contributed by atoms with Gasteiger partial charge in [0.2, 0.25) is 11.1 Å². The minimum absolute atomic E-state index is 0.0180. The summed E-state index contributed by atoms with van der Waals surface area (Å²) in [5, 5.41) is 14.7. The second-order valence-electron chi connectivity index (χ2n) is 5.06. The predicted molar refractivity (Wildman–Crippen MR) is 88.6 cm³/mol. The molecular weight excluding hydrogens is 298 g/mol. The summed E-state index contributed by atoms with van der Waals surface area (Å²) in [7, 11) is 0. The Balaban J connectivity index is 2.28. The molecule has 1 amide bonds. The number of unbranched alkanes of at least 4 members (excludes halogenated alkanes) is 2. The third kappa shape index (κ3) is 3.85. The van der Waals surface area contributed by atoms with Gasteiger partial charge < -0.3 is 5.32 Å². The van der Waals surface area contributed by atoms with Gasteiger partial charge in [0.1, 0.15) is 0 Å². The van der Waals surface area contributed by atoms with Crippen molar-refractivity contribution in [1.29, 1.82) is 0 Å². The number of tetrazole rings is 1. The Hall–Kier alpha value is -1.89. The van der Waals surface area contributed by atoms with E-state index in [-0.39, 0.29) is 5.91 Å². The number of nitrogens with zero attached hydrogens (tertiary/aromatic N) is 4. The molecule has 0 radical (unpaired) electrons. The first-order valence-corrected chi connectivity index (χ1v) is 8.01. The van der Waals surface area contributed by atoms with Gasteiger partial charge in [-0.1, -0.05) is 38.8 Å². The summed E-state index contributed by atoms with van der Waals surface area (Å²) in [5.41, 5.74) is 2.54. The molecule has 22 heavy (non-hydrogen) atoms. The van der Waals surface area contributed by atoms with E-state index in [1.165, 1.54) is 4.68 Å². The van der Waals surface area contributed by atoms with Crippen molar-refractivity contribution < 1.29 is 4.79 Å². The highest BCUT2D eigenvalue weighted by Crippen LogP contribution is 2.26. The Labute approximate surface area is 135 Å². The summed E-state index contributed by atoms with van der Waals surface area (Å²) in [5.74, 6) is 0.0180. The molecule has 0 spiro atoms. The Kier molecular flexibility index (Phi) is 5.94. The van der Waals surface area contributed by atoms with Crippen molar-refractivity contribution in [3.8, 4) is 5.69 Å². The van der Waals surface area contributed by atoms with Crippen LogP contribution in [0.5, 0.6) is 0 Å². The SMILES string of the molecule is CCCCCC(=O)Nc1c(CC)cccc1-n1nnnc1S. The summed E-state index contributed by atoms with van der Waals surface area (Å²) >= 11 is 4.24. The average molecular weight is 319 g/mol. The zero-order chi connectivity index (χ0) is 15.9. The van der Waals surface area contributed by atoms with Crippen LogP contribution in [0, 0.1) is 0 Å². The normalized spacial score (nSPS) is 10.7. The van der Waals surface area contributed by atoms with E-state index in [1.807, 2.05) is 25.1 Å². The lowest BCUT2D eigenvalue weighted by atomic mass is 10.1. The maximum atomic E-state index is 12.2. The highest BCUT2D eigenvalue weighted by molar-refractivity contribution is 7.80. The number of amides is 1. The number of carbonyl (C=O) groups excluding carboxylic acids is 1. The van der Waals surface area contributed by atoms with Crippen LogP contribution in [0.1, 0.15) is 45.1 Å². The van der Waals surface area contributed by atoms with Crippen LogP contribution in [0.2, 0.25) is 0 Å². The first kappa shape index (κ1) is 16.5. The molecule has 0 saturated carbocycles. The molecule has 1 heterocycles. The Morgan fingerprint density at radius 2 is 2.14 bits per heavy atom. The monoisotopic (exact) mass is 319 g/mol. The van der Waals surface area contributed by atoms with Gasteiger partial charge in [0.05, 0.1) is 11.4 Å². The summed E-state index contributed by atoms with van der Waals surface area (Å²) < 4.78 is 1.52. The molecule has 0 unspecified atom stereocenters. The highest BCUT2D eigenvalue weighted by Gasteiger charge is 2.15. The lowest BCUT2D eigenvalue weighted by Crippen LogP contribution is -2.15. The fourth-order valence-corrected chi connectivity index (χ4v) is 2.47. The zero-order valence-electron chi connectivity index (χ0n) is 12.9. The fourth-order valence-electron chi connectivity index (χ4n) is 2.28. The molecule has 0 bridgehead atoms. The van der Waals surface area contributed by atoms with Crippen molar-refractivity contribution in [3.63, 3.8) is 0 Å². The van der Waals surface area contributed by atoms with Crippen LogP contribution in [-0.4, -0.2) is 26.1 Å². The third-order valence-corrected chi connectivity index (χ3v) is 3.74. The molecule has 0 aliphatic rings. The molecule has 2 rings (SSSR count). The number of rotatable bonds is 7. The zero-order valence-corrected chi connectivity index (χ0v) is 13.8. The Bertz CT molecular complexity index is 641. The summed E-state index contributed by atoms with van der Waals surface area (Å²) in [6.45, 7) is 4.17. The van der Waals surface area contributed by atoms with Crippen LogP contribution in [0.4, 0.5) is 5.69 Å². The van der Waals surface area contributed by atoms with Gasteiger partial charge >= 0.3 is 0 Å². The first-order valence-electron chi connectivity index (χ1n) is 7.56. The molecule has 0 saturated heterocycles. The number of thiol groups is 1. The van der Waals surface area contributed by atoms with E-state index in [0.717, 1.165) is 42.6 Å². The number of hydrogen-bond acceptors (Lipinski definition) is 5. The number of aryl methyl sites for hydroxylation is 1. The summed E-state index contributed by atoms with van der Waals surface area (Å²) in [6, 6.07) is 5.79. The van der Waals surface area contributed by atoms with Gasteiger partial charge in [-0.15, -0.1) is 17.7 Å². The molecule has 1 aromatic carbocycles. The van der Waals surface area contributed by atoms with Gasteiger partial charge in [-0.25, -0.2) is 0 Å². The Morgan fingerprint density at radius 1 is 1.32 bits per heavy atom. The number of benzene rings is 1. The Morgan fingerprint density at radius 3 is 2.77 bits per heavy atom. The molecule has 0 atom stereocenters. The van der Waals surface area contributed by atoms with Crippen molar-refractivity contribution in [2.75, 3.05) is 5.32 Å². The standard InChI is InChI=1S/C15H21N5OS/c1-3-5-6-10-13(21)16-14-11(4-2)8-7-9-12(14)20-15(22)17-18-19-20/h7-9H,3-6,10H2,1-2H3,(H,16,21)(H,17,19,22). The summed E-state index contributed by atoms with van der Waals surface area (Å²) in [4.78, 5) is 12.2. The maximum absolute atomic E-state index is 12.2. The summed E-state index contributed by atoms with van der Waals surface area (Å²) in [6.07, 6.45) is 4.38. The lowest BCUT2D eigenvalue weighted by Gasteiger charge is -2.15. The largest absolute Gasteiger partial charge is 0.324 e. The number of nitrogens with one attached hydrogen (secondary N) is 1. The van der Waals surface area contributed by atoms with Crippen LogP contribution in [-0.2, 0) is 11.2 Å². The number of hydrogen-bond donors (Lipinski definition) is 2. The topological polar surface area (TPSA) is 72.7 Å². The number of aromatic nitrogens is 4. The van der Waals surface area contributed by atoms with Crippen LogP contribution < -0.4 is 5.32 Å². The minimum atomic E-state index is 0.0180. The van der Waals surface area contributed by atoms with Crippen molar-refractivity contribution in [2.24, 2.45) is 0 Å². The molecular formula is C15H21N5OS. The number of anilines is 1. The van der Waals surface area contributed by atoms with E-state index >= 15 is 0 Å². The van der Waals surface area contributed by atoms with Crippen LogP contribution in [0.3, 0.4) is 0 Å². The van der Waals surface area contributed by atoms with E-state index in [4.69, 9.17) is 0 Å². The smallest absolute Gasteiger partial charge is 0.224 e. The van der Waals surface area contributed by atoms with E-state index < -0.39 is 0 Å². The van der Waals surface area contributed by atoms with Gasteiger partial charge in [0.15, 0.2) is 0 Å². The quantitative estimate of drug-likeness (QED) is 0.608. The average Bonchev–Trinajstić information content (AvgIpc) is 2.93. The second-order valence-corrected chi connectivity index (χ2v) is 5.46. The van der Waals surface area contributed by atoms with E-state index in [2.05, 4.69) is 40.4 Å². The van der Waals surface area contributed by atoms with Gasteiger partial charge in [0.25, 0.3) is 0 Å². The minimum Gasteiger partial charge on any atom is -0.324 e. The van der Waals surface area contributed by atoms with Crippen molar-refractivity contribution in [2.45, 2.75) is 51.1 Å². The van der Waals surface area contributed by atoms with Gasteiger partial charge in [-0.3, -0.25) is 4.79 Å². The molecule has 1 aromatic heterocycles. The van der Waals surface area contributed by atoms with E-state index in [0.29, 0.717) is 11.6 Å². The van der Waals surface area contributed by atoms with E-state index in [9.17, 15) is 4.79 Å². The predicted octanol–water partition coefficient (Wildman–Crippen LogP) is 3.03. The van der Waals surface area contributed by atoms with Crippen LogP contribution >= 0.6 is 12.6 Å². The molecule has 1 N–H and O–H groups in total. The van der Waals surface area contributed by atoms with Crippen molar-refractivity contribution in [3.05, 3.63) is 23.8 Å². The van der Waals surface area contributed by atoms with Crippen LogP contribution in [0.15, 0.2) is 23.4 Å². The van der Waals surface area contributed by atoms with Gasteiger partial charge in [-0.05, 0) is 34.9 Å². The first-order chi connectivity index (χ1) is 10.7. The third-order valence-electron chi connectivity index (χ3n) is 3.46. The molecule has 0 aliphatic heterocycles. The van der Waals surface area contributed by atoms with Crippen molar-refractivity contribution >= 4 is 24.2 Å². The maximum Gasteiger partial charge on any atom is 0.224 e. The lowest BCUT2D eigenvalue weighted by molar-refractivity contribution is -0.116. The molecule has 6 nitrogen and oxygen atoms in total. The molecule has 118 valence electrons. The van der Waals surface area contributed by atoms with Gasteiger partial charge in [0, 0.05) is 6.42 Å². The van der Waals surface area contributed by atoms with Crippen LogP contribution in [0.25, 0.3) is 5.69 Å². The molecule has 0 aliphatic carbocycles. The number of para-hydroxylation sites is 1. The van der Waals surface area contributed by atoms with Gasteiger partial charge in [-0.2, -0.15) is 4.68 Å². The molecule has 7 heteroatoms. The van der Waals surface area contributed by atoms with Crippen molar-refractivity contribution in [1.82, 2.24) is 20.2 Å². The second kappa shape index (κ2) is 7.93. The fraction of sp³-hybridized carbons (Fsp3) is 0.467. The number of carbonyl (C=O) groups is 1. The molecule has 0 fully saturated rings. The highest BCUT2D eigenvalue weighted by atomic mass is 32.1. The molecule has 2 aromatic rings. The van der Waals surface area contributed by atoms with E-state index in [1.54, 1.807) is 0 Å².